The monoisotopic (exact) mass is 312 g/mol. The Morgan fingerprint density at radius 3 is 2.29 bits per heavy atom. The lowest BCUT2D eigenvalue weighted by Gasteiger charge is -2.18. The lowest BCUT2D eigenvalue weighted by molar-refractivity contribution is -0.138. The van der Waals surface area contributed by atoms with Crippen molar-refractivity contribution in [3.63, 3.8) is 0 Å². The molecule has 0 aromatic heterocycles. The summed E-state index contributed by atoms with van der Waals surface area (Å²) in [6.45, 7) is 4.02. The number of carboxylic acids is 1. The first-order valence-electron chi connectivity index (χ1n) is 6.90. The van der Waals surface area contributed by atoms with Crippen molar-refractivity contribution in [2.24, 2.45) is 11.8 Å². The molecule has 0 spiro atoms. The van der Waals surface area contributed by atoms with Crippen molar-refractivity contribution in [2.45, 2.75) is 45.7 Å². The van der Waals surface area contributed by atoms with Gasteiger partial charge in [0.1, 0.15) is 0 Å². The van der Waals surface area contributed by atoms with Gasteiger partial charge in [0.25, 0.3) is 0 Å². The van der Waals surface area contributed by atoms with E-state index >= 15 is 0 Å². The minimum atomic E-state index is -4.22. The molecule has 0 aliphatic heterocycles. The minimum Gasteiger partial charge on any atom is -0.481 e. The largest absolute Gasteiger partial charge is 0.481 e. The number of carbonyl (C=O) groups is 2. The first-order chi connectivity index (χ1) is 9.60. The zero-order valence-electron chi connectivity index (χ0n) is 12.3. The van der Waals surface area contributed by atoms with Crippen molar-refractivity contribution in [3.05, 3.63) is 0 Å². The lowest BCUT2D eigenvalue weighted by Crippen LogP contribution is -2.39. The number of amides is 2. The number of hydrogen-bond acceptors (Lipinski definition) is 2. The third-order valence-corrected chi connectivity index (χ3v) is 2.74. The van der Waals surface area contributed by atoms with Gasteiger partial charge in [-0.1, -0.05) is 13.8 Å². The van der Waals surface area contributed by atoms with Crippen molar-refractivity contribution in [2.75, 3.05) is 13.1 Å². The second-order valence-corrected chi connectivity index (χ2v) is 5.45. The molecule has 0 aliphatic carbocycles. The zero-order chi connectivity index (χ0) is 16.5. The van der Waals surface area contributed by atoms with Gasteiger partial charge in [0, 0.05) is 25.9 Å². The van der Waals surface area contributed by atoms with E-state index in [2.05, 4.69) is 10.6 Å². The molecule has 0 heterocycles. The van der Waals surface area contributed by atoms with Crippen LogP contribution in [-0.4, -0.2) is 36.4 Å². The molecule has 5 nitrogen and oxygen atoms in total. The molecule has 0 radical (unpaired) electrons. The van der Waals surface area contributed by atoms with E-state index in [4.69, 9.17) is 5.11 Å². The van der Waals surface area contributed by atoms with Gasteiger partial charge in [0.05, 0.1) is 0 Å². The summed E-state index contributed by atoms with van der Waals surface area (Å²) >= 11 is 0. The summed E-state index contributed by atoms with van der Waals surface area (Å²) in [6, 6.07) is -0.573. The number of urea groups is 1. The number of carbonyl (C=O) groups excluding carboxylic acids is 1. The third kappa shape index (κ3) is 13.3. The molecule has 2 amide bonds. The second-order valence-electron chi connectivity index (χ2n) is 5.45. The van der Waals surface area contributed by atoms with Crippen molar-refractivity contribution < 1.29 is 27.9 Å². The molecule has 3 N–H and O–H groups in total. The van der Waals surface area contributed by atoms with Crippen LogP contribution in [0.1, 0.15) is 39.5 Å². The predicted molar refractivity (Wildman–Crippen MR) is 71.9 cm³/mol. The predicted octanol–water partition coefficient (Wildman–Crippen LogP) is 2.77. The van der Waals surface area contributed by atoms with E-state index in [1.54, 1.807) is 0 Å². The molecule has 0 rings (SSSR count). The smallest absolute Gasteiger partial charge is 0.389 e. The Bertz CT molecular complexity index is 333. The number of nitrogens with one attached hydrogen (secondary N) is 2. The molecule has 124 valence electrons. The molecule has 0 fully saturated rings. The number of aliphatic carboxylic acids is 1. The third-order valence-electron chi connectivity index (χ3n) is 2.74. The summed E-state index contributed by atoms with van der Waals surface area (Å²) < 4.78 is 35.7. The first kappa shape index (κ1) is 19.5. The van der Waals surface area contributed by atoms with Crippen LogP contribution in [0.3, 0.4) is 0 Å². The van der Waals surface area contributed by atoms with E-state index in [1.165, 1.54) is 0 Å². The summed E-state index contributed by atoms with van der Waals surface area (Å²) in [5, 5.41) is 13.6. The number of carboxylic acid groups (broad SMARTS) is 1. The first-order valence-corrected chi connectivity index (χ1v) is 6.90. The average Bonchev–Trinajstić information content (AvgIpc) is 2.29. The summed E-state index contributed by atoms with van der Waals surface area (Å²) in [5.74, 6) is -0.831. The van der Waals surface area contributed by atoms with Gasteiger partial charge in [-0.3, -0.25) is 4.79 Å². The van der Waals surface area contributed by atoms with E-state index in [9.17, 15) is 22.8 Å². The molecular formula is C13H23F3N2O3. The fourth-order valence-electron chi connectivity index (χ4n) is 1.94. The summed E-state index contributed by atoms with van der Waals surface area (Å²) in [6.07, 6.45) is -4.74. The van der Waals surface area contributed by atoms with E-state index in [0.717, 1.165) is 0 Å². The molecule has 0 aromatic rings. The Morgan fingerprint density at radius 1 is 1.19 bits per heavy atom. The van der Waals surface area contributed by atoms with Gasteiger partial charge in [0.15, 0.2) is 0 Å². The summed E-state index contributed by atoms with van der Waals surface area (Å²) in [4.78, 5) is 22.1. The number of alkyl halides is 3. The van der Waals surface area contributed by atoms with Gasteiger partial charge in [-0.25, -0.2) is 4.79 Å². The molecule has 8 heteroatoms. The Morgan fingerprint density at radius 2 is 1.81 bits per heavy atom. The van der Waals surface area contributed by atoms with Crippen LogP contribution in [0.15, 0.2) is 0 Å². The lowest BCUT2D eigenvalue weighted by atomic mass is 9.94. The zero-order valence-corrected chi connectivity index (χ0v) is 12.3. The van der Waals surface area contributed by atoms with Gasteiger partial charge in [-0.2, -0.15) is 13.2 Å². The molecule has 0 saturated carbocycles. The maximum absolute atomic E-state index is 11.9. The fourth-order valence-corrected chi connectivity index (χ4v) is 1.94. The van der Waals surface area contributed by atoms with Gasteiger partial charge in [-0.05, 0) is 24.7 Å². The Balaban J connectivity index is 3.93. The molecule has 0 unspecified atom stereocenters. The normalized spacial score (nSPS) is 13.0. The molecule has 0 aliphatic rings. The van der Waals surface area contributed by atoms with Gasteiger partial charge < -0.3 is 15.7 Å². The van der Waals surface area contributed by atoms with Crippen LogP contribution in [0.5, 0.6) is 0 Å². The topological polar surface area (TPSA) is 78.4 Å². The molecule has 1 atom stereocenters. The van der Waals surface area contributed by atoms with Crippen molar-refractivity contribution in [3.8, 4) is 0 Å². The van der Waals surface area contributed by atoms with E-state index < -0.39 is 24.6 Å². The highest BCUT2D eigenvalue weighted by Crippen LogP contribution is 2.20. The van der Waals surface area contributed by atoms with E-state index in [0.29, 0.717) is 12.3 Å². The summed E-state index contributed by atoms with van der Waals surface area (Å²) in [7, 11) is 0. The van der Waals surface area contributed by atoms with Gasteiger partial charge >= 0.3 is 18.2 Å². The van der Waals surface area contributed by atoms with Crippen LogP contribution in [0, 0.1) is 11.8 Å². The standard InChI is InChI=1S/C13H23F3N2O3/c1-9(2)6-10(7-11(19)20)8-18-12(21)17-5-3-4-13(14,15)16/h9-10H,3-8H2,1-2H3,(H,19,20)(H2,17,18,21)/t10-/m0/s1. The molecule has 21 heavy (non-hydrogen) atoms. The van der Waals surface area contributed by atoms with Crippen molar-refractivity contribution >= 4 is 12.0 Å². The van der Waals surface area contributed by atoms with Crippen LogP contribution >= 0.6 is 0 Å². The highest BCUT2D eigenvalue weighted by atomic mass is 19.4. The van der Waals surface area contributed by atoms with E-state index in [1.807, 2.05) is 13.8 Å². The Hall–Kier alpha value is -1.47. The minimum absolute atomic E-state index is 0.0491. The van der Waals surface area contributed by atoms with Crippen molar-refractivity contribution in [1.82, 2.24) is 10.6 Å². The Labute approximate surface area is 122 Å². The van der Waals surface area contributed by atoms with E-state index in [-0.39, 0.29) is 31.8 Å². The number of rotatable bonds is 9. The van der Waals surface area contributed by atoms with Crippen molar-refractivity contribution in [1.29, 1.82) is 0 Å². The summed E-state index contributed by atoms with van der Waals surface area (Å²) in [5.41, 5.74) is 0. The average molecular weight is 312 g/mol. The maximum Gasteiger partial charge on any atom is 0.389 e. The number of hydrogen-bond donors (Lipinski definition) is 3. The van der Waals surface area contributed by atoms with Gasteiger partial charge in [0.2, 0.25) is 0 Å². The quantitative estimate of drug-likeness (QED) is 0.573. The SMILES string of the molecule is CC(C)C[C@H](CNC(=O)NCCCC(F)(F)F)CC(=O)O. The highest BCUT2D eigenvalue weighted by Gasteiger charge is 2.26. The molecule has 0 saturated heterocycles. The van der Waals surface area contributed by atoms with Crippen LogP contribution < -0.4 is 10.6 Å². The van der Waals surface area contributed by atoms with Crippen LogP contribution in [-0.2, 0) is 4.79 Å². The number of halogens is 3. The van der Waals surface area contributed by atoms with Crippen LogP contribution in [0.2, 0.25) is 0 Å². The van der Waals surface area contributed by atoms with Crippen LogP contribution in [0.25, 0.3) is 0 Å². The fraction of sp³-hybridized carbons (Fsp3) is 0.846. The van der Waals surface area contributed by atoms with Crippen LogP contribution in [0.4, 0.5) is 18.0 Å². The Kier molecular flexibility index (Phi) is 8.80. The molecule has 0 aromatic carbocycles. The maximum atomic E-state index is 11.9. The highest BCUT2D eigenvalue weighted by molar-refractivity contribution is 5.74. The molecule has 0 bridgehead atoms. The molecular weight excluding hydrogens is 289 g/mol. The van der Waals surface area contributed by atoms with Gasteiger partial charge in [-0.15, -0.1) is 0 Å². The second kappa shape index (κ2) is 9.46.